The van der Waals surface area contributed by atoms with Crippen molar-refractivity contribution >= 4 is 11.7 Å². The van der Waals surface area contributed by atoms with Crippen LogP contribution < -0.4 is 10.6 Å². The maximum atomic E-state index is 11.7. The van der Waals surface area contributed by atoms with E-state index in [9.17, 15) is 4.79 Å². The molecule has 1 aliphatic rings. The molecule has 2 N–H and O–H groups in total. The third-order valence-corrected chi connectivity index (χ3v) is 3.56. The number of esters is 1. The van der Waals surface area contributed by atoms with Crippen molar-refractivity contribution < 1.29 is 9.53 Å². The zero-order chi connectivity index (χ0) is 14.9. The first-order chi connectivity index (χ1) is 10.3. The lowest BCUT2D eigenvalue weighted by Crippen LogP contribution is -2.34. The molecule has 0 bridgehead atoms. The Labute approximate surface area is 125 Å². The van der Waals surface area contributed by atoms with Crippen LogP contribution in [0.4, 0.5) is 5.69 Å². The Morgan fingerprint density at radius 1 is 1.33 bits per heavy atom. The molecule has 21 heavy (non-hydrogen) atoms. The number of rotatable bonds is 5. The first-order valence-corrected chi connectivity index (χ1v) is 7.41. The molecule has 112 valence electrons. The zero-order valence-corrected chi connectivity index (χ0v) is 12.1. The Morgan fingerprint density at radius 3 is 2.90 bits per heavy atom. The Balaban J connectivity index is 1.68. The molecule has 1 aromatic rings. The number of carbonyl (C=O) groups excluding carboxylic acids is 1. The second-order valence-electron chi connectivity index (χ2n) is 5.23. The summed E-state index contributed by atoms with van der Waals surface area (Å²) in [5.74, 6) is -0.259. The Bertz CT molecular complexity index is 485. The van der Waals surface area contributed by atoms with Gasteiger partial charge in [0.1, 0.15) is 13.2 Å². The largest absolute Gasteiger partial charge is 0.463 e. The van der Waals surface area contributed by atoms with Crippen LogP contribution in [0, 0.1) is 11.3 Å². The van der Waals surface area contributed by atoms with Gasteiger partial charge in [0.05, 0.1) is 11.6 Å². The number of carbonyl (C=O) groups is 1. The molecule has 0 spiro atoms. The van der Waals surface area contributed by atoms with E-state index in [-0.39, 0.29) is 18.6 Å². The molecule has 5 nitrogen and oxygen atoms in total. The van der Waals surface area contributed by atoms with Gasteiger partial charge in [0.2, 0.25) is 0 Å². The van der Waals surface area contributed by atoms with Crippen molar-refractivity contribution in [1.29, 1.82) is 5.26 Å². The summed E-state index contributed by atoms with van der Waals surface area (Å²) >= 11 is 0. The molecule has 1 heterocycles. The van der Waals surface area contributed by atoms with Gasteiger partial charge in [-0.05, 0) is 43.7 Å². The van der Waals surface area contributed by atoms with Gasteiger partial charge in [-0.2, -0.15) is 5.26 Å². The van der Waals surface area contributed by atoms with Crippen LogP contribution in [0.3, 0.4) is 0 Å². The molecule has 1 fully saturated rings. The van der Waals surface area contributed by atoms with Crippen molar-refractivity contribution in [2.75, 3.05) is 25.0 Å². The second-order valence-corrected chi connectivity index (χ2v) is 5.23. The number of hydrogen-bond donors (Lipinski definition) is 2. The summed E-state index contributed by atoms with van der Waals surface area (Å²) in [5.41, 5.74) is 1.40. The van der Waals surface area contributed by atoms with Gasteiger partial charge in [0.25, 0.3) is 0 Å². The van der Waals surface area contributed by atoms with Crippen molar-refractivity contribution in [2.24, 2.45) is 0 Å². The van der Waals surface area contributed by atoms with Crippen LogP contribution in [-0.4, -0.2) is 31.7 Å². The number of benzene rings is 1. The van der Waals surface area contributed by atoms with Crippen LogP contribution >= 0.6 is 0 Å². The fourth-order valence-corrected chi connectivity index (χ4v) is 2.32. The average Bonchev–Trinajstić information content (AvgIpc) is 2.80. The summed E-state index contributed by atoms with van der Waals surface area (Å²) in [6, 6.07) is 9.31. The topological polar surface area (TPSA) is 74.2 Å². The summed E-state index contributed by atoms with van der Waals surface area (Å²) < 4.78 is 5.29. The minimum absolute atomic E-state index is 0.138. The summed E-state index contributed by atoms with van der Waals surface area (Å²) in [4.78, 5) is 11.7. The molecule has 1 atom stereocenters. The summed E-state index contributed by atoms with van der Waals surface area (Å²) in [7, 11) is 0. The van der Waals surface area contributed by atoms with Crippen LogP contribution in [-0.2, 0) is 9.53 Å². The number of anilines is 1. The Kier molecular flexibility index (Phi) is 6.04. The predicted octanol–water partition coefficient (Wildman–Crippen LogP) is 2.05. The Hall–Kier alpha value is -2.06. The minimum atomic E-state index is -0.259. The lowest BCUT2D eigenvalue weighted by Gasteiger charge is -2.16. The van der Waals surface area contributed by atoms with E-state index < -0.39 is 0 Å². The van der Waals surface area contributed by atoms with Crippen molar-refractivity contribution in [3.05, 3.63) is 29.8 Å². The smallest absolute Gasteiger partial charge is 0.325 e. The first-order valence-electron chi connectivity index (χ1n) is 7.41. The maximum Gasteiger partial charge on any atom is 0.325 e. The molecular weight excluding hydrogens is 266 g/mol. The van der Waals surface area contributed by atoms with Gasteiger partial charge in [0.15, 0.2) is 0 Å². The monoisotopic (exact) mass is 287 g/mol. The second kappa shape index (κ2) is 8.28. The molecular formula is C16H21N3O2. The summed E-state index contributed by atoms with van der Waals surface area (Å²) in [6.07, 6.45) is 4.71. The van der Waals surface area contributed by atoms with Gasteiger partial charge in [-0.3, -0.25) is 4.79 Å². The van der Waals surface area contributed by atoms with Crippen LogP contribution in [0.25, 0.3) is 0 Å². The van der Waals surface area contributed by atoms with E-state index in [0.29, 0.717) is 12.2 Å². The number of ether oxygens (including phenoxy) is 1. The zero-order valence-electron chi connectivity index (χ0n) is 12.1. The lowest BCUT2D eigenvalue weighted by atomic mass is 10.1. The molecule has 0 amide bonds. The van der Waals surface area contributed by atoms with Gasteiger partial charge < -0.3 is 15.4 Å². The van der Waals surface area contributed by atoms with Crippen LogP contribution in [0.5, 0.6) is 0 Å². The lowest BCUT2D eigenvalue weighted by molar-refractivity contribution is -0.142. The predicted molar refractivity (Wildman–Crippen MR) is 80.9 cm³/mol. The molecule has 1 aliphatic heterocycles. The highest BCUT2D eigenvalue weighted by molar-refractivity contribution is 5.75. The van der Waals surface area contributed by atoms with Gasteiger partial charge in [0, 0.05) is 11.7 Å². The number of nitrogens with one attached hydrogen (secondary N) is 2. The first kappa shape index (κ1) is 15.3. The van der Waals surface area contributed by atoms with E-state index in [4.69, 9.17) is 10.00 Å². The molecule has 0 radical (unpaired) electrons. The van der Waals surface area contributed by atoms with E-state index in [1.165, 1.54) is 19.3 Å². The van der Waals surface area contributed by atoms with E-state index >= 15 is 0 Å². The molecule has 1 aromatic carbocycles. The quantitative estimate of drug-likeness (QED) is 0.811. The standard InChI is InChI=1S/C16H21N3O2/c17-10-13-5-7-14(8-6-13)19-11-16(20)21-12-15-4-2-1-3-9-18-15/h5-8,15,18-19H,1-4,9,11-12H2/t15-/m0/s1. The third kappa shape index (κ3) is 5.44. The fraction of sp³-hybridized carbons (Fsp3) is 0.500. The highest BCUT2D eigenvalue weighted by Crippen LogP contribution is 2.10. The highest BCUT2D eigenvalue weighted by atomic mass is 16.5. The molecule has 0 unspecified atom stereocenters. The molecule has 0 aromatic heterocycles. The SMILES string of the molecule is N#Cc1ccc(NCC(=O)OC[C@@H]2CCCCCN2)cc1. The molecule has 1 saturated heterocycles. The molecule has 0 saturated carbocycles. The summed E-state index contributed by atoms with van der Waals surface area (Å²) in [5, 5.41) is 15.1. The van der Waals surface area contributed by atoms with E-state index in [2.05, 4.69) is 16.7 Å². The molecule has 2 rings (SSSR count). The van der Waals surface area contributed by atoms with Crippen molar-refractivity contribution in [3.63, 3.8) is 0 Å². The van der Waals surface area contributed by atoms with Crippen molar-refractivity contribution in [2.45, 2.75) is 31.7 Å². The van der Waals surface area contributed by atoms with Gasteiger partial charge in [-0.1, -0.05) is 12.8 Å². The number of nitrogens with zero attached hydrogens (tertiary/aromatic N) is 1. The van der Waals surface area contributed by atoms with Gasteiger partial charge in [-0.25, -0.2) is 0 Å². The van der Waals surface area contributed by atoms with Gasteiger partial charge >= 0.3 is 5.97 Å². The van der Waals surface area contributed by atoms with Crippen LogP contribution in [0.1, 0.15) is 31.2 Å². The third-order valence-electron chi connectivity index (χ3n) is 3.56. The highest BCUT2D eigenvalue weighted by Gasteiger charge is 2.13. The van der Waals surface area contributed by atoms with E-state index in [1.54, 1.807) is 24.3 Å². The van der Waals surface area contributed by atoms with E-state index in [0.717, 1.165) is 18.7 Å². The fourth-order valence-electron chi connectivity index (χ4n) is 2.32. The maximum absolute atomic E-state index is 11.7. The molecule has 5 heteroatoms. The Morgan fingerprint density at radius 2 is 2.14 bits per heavy atom. The molecule has 0 aliphatic carbocycles. The normalized spacial score (nSPS) is 18.3. The van der Waals surface area contributed by atoms with Crippen molar-refractivity contribution in [1.82, 2.24) is 5.32 Å². The average molecular weight is 287 g/mol. The van der Waals surface area contributed by atoms with Gasteiger partial charge in [-0.15, -0.1) is 0 Å². The number of hydrogen-bond acceptors (Lipinski definition) is 5. The minimum Gasteiger partial charge on any atom is -0.463 e. The van der Waals surface area contributed by atoms with Crippen LogP contribution in [0.15, 0.2) is 24.3 Å². The van der Waals surface area contributed by atoms with Crippen LogP contribution in [0.2, 0.25) is 0 Å². The van der Waals surface area contributed by atoms with Crippen molar-refractivity contribution in [3.8, 4) is 6.07 Å². The van der Waals surface area contributed by atoms with E-state index in [1.807, 2.05) is 0 Å². The summed E-state index contributed by atoms with van der Waals surface area (Å²) in [6.45, 7) is 1.58. The number of nitriles is 1.